The molecule has 5 heterocycles. The summed E-state index contributed by atoms with van der Waals surface area (Å²) in [6.45, 7) is 17.5. The van der Waals surface area contributed by atoms with E-state index in [0.29, 0.717) is 0 Å². The maximum Gasteiger partial charge on any atom is 0.132 e. The Kier molecular flexibility index (Phi) is 14.6. The van der Waals surface area contributed by atoms with Crippen LogP contribution in [0.1, 0.15) is 49.9 Å². The van der Waals surface area contributed by atoms with Crippen LogP contribution in [0.4, 0.5) is 11.4 Å². The molecule has 71 heavy (non-hydrogen) atoms. The molecule has 11 heteroatoms. The van der Waals surface area contributed by atoms with Gasteiger partial charge in [-0.05, 0) is 125 Å². The molecule has 9 rings (SSSR count). The van der Waals surface area contributed by atoms with Crippen LogP contribution in [0.3, 0.4) is 0 Å². The number of hydrogen-bond donors (Lipinski definition) is 0. The fourth-order valence-corrected chi connectivity index (χ4v) is 16.4. The van der Waals surface area contributed by atoms with E-state index in [-0.39, 0.29) is 12.2 Å². The van der Waals surface area contributed by atoms with Gasteiger partial charge in [0.05, 0.1) is 78.2 Å². The Morgan fingerprint density at radius 2 is 0.690 bits per heavy atom. The number of ether oxygens (including phenoxy) is 4. The molecule has 0 spiro atoms. The first kappa shape index (κ1) is 50.1. The predicted octanol–water partition coefficient (Wildman–Crippen LogP) is 18.3. The molecule has 0 unspecified atom stereocenters. The maximum absolute atomic E-state index is 6.41. The minimum absolute atomic E-state index is 0.0175. The smallest absolute Gasteiger partial charge is 0.132 e. The van der Waals surface area contributed by atoms with Gasteiger partial charge in [-0.2, -0.15) is 0 Å². The van der Waals surface area contributed by atoms with Crippen molar-refractivity contribution < 1.29 is 18.9 Å². The number of thiophene rings is 5. The molecule has 0 saturated carbocycles. The van der Waals surface area contributed by atoms with Crippen molar-refractivity contribution in [1.82, 2.24) is 0 Å². The van der Waals surface area contributed by atoms with Crippen molar-refractivity contribution in [2.45, 2.75) is 67.6 Å². The molecule has 5 aromatic heterocycles. The lowest BCUT2D eigenvalue weighted by Crippen LogP contribution is -2.08. The van der Waals surface area contributed by atoms with E-state index in [1.165, 1.54) is 94.9 Å². The number of hydrogen-bond acceptors (Lipinski definition) is 11. The average Bonchev–Trinajstić information content (AvgIpc) is 4.19. The molecule has 6 nitrogen and oxygen atoms in total. The van der Waals surface area contributed by atoms with E-state index < -0.39 is 0 Å². The molecule has 0 amide bonds. The first-order valence-electron chi connectivity index (χ1n) is 23.9. The van der Waals surface area contributed by atoms with Crippen LogP contribution in [0.25, 0.3) is 82.2 Å². The van der Waals surface area contributed by atoms with E-state index in [2.05, 4.69) is 178 Å². The Morgan fingerprint density at radius 1 is 0.366 bits per heavy atom. The first-order valence-corrected chi connectivity index (χ1v) is 28.0. The third kappa shape index (κ3) is 9.43. The zero-order chi connectivity index (χ0) is 50.4. The minimum Gasteiger partial charge on any atom is -0.496 e. The molecule has 0 radical (unpaired) electrons. The molecule has 0 fully saturated rings. The van der Waals surface area contributed by atoms with E-state index in [9.17, 15) is 0 Å². The number of anilines is 2. The van der Waals surface area contributed by atoms with E-state index in [1.807, 2.05) is 80.9 Å². The van der Waals surface area contributed by atoms with E-state index >= 15 is 0 Å². The van der Waals surface area contributed by atoms with Gasteiger partial charge in [0.25, 0.3) is 0 Å². The molecule has 0 aliphatic heterocycles. The van der Waals surface area contributed by atoms with Crippen molar-refractivity contribution in [3.05, 3.63) is 131 Å². The fraction of sp³-hybridized carbons (Fsp3) is 0.267. The summed E-state index contributed by atoms with van der Waals surface area (Å²) in [6.07, 6.45) is 0.0350. The van der Waals surface area contributed by atoms with Crippen molar-refractivity contribution in [3.63, 3.8) is 0 Å². The molecule has 366 valence electrons. The van der Waals surface area contributed by atoms with Crippen LogP contribution in [-0.2, 0) is 0 Å². The third-order valence-electron chi connectivity index (χ3n) is 12.8. The second-order valence-corrected chi connectivity index (χ2v) is 23.9. The van der Waals surface area contributed by atoms with Gasteiger partial charge in [0.15, 0.2) is 0 Å². The second-order valence-electron chi connectivity index (χ2n) is 18.7. The Balaban J connectivity index is 1.27. The van der Waals surface area contributed by atoms with Gasteiger partial charge >= 0.3 is 0 Å². The summed E-state index contributed by atoms with van der Waals surface area (Å²) in [6, 6.07) is 38.8. The standard InChI is InChI=1S/C60H62N2O4S5/c1-33(2)65-45-29-21-27-43(63-13)51(45)47-31-41(61(9)10)57(67-47)53-35(5)37(7)55(69-53)59-49(39-23-17-15-18-24-39)50(40-25-19-16-20-26-40)60(71-59)56-38(8)36(6)54(70-56)58-42(62(11)12)32-48(68-58)52-44(64-14)28-22-30-46(52)66-34(3)4/h15-34H,1-14H3. The predicted molar refractivity (Wildman–Crippen MR) is 312 cm³/mol. The summed E-state index contributed by atoms with van der Waals surface area (Å²) in [5.74, 6) is 3.25. The molecular weight excluding hydrogens is 973 g/mol. The topological polar surface area (TPSA) is 43.4 Å². The number of nitrogens with zero attached hydrogens (tertiary/aromatic N) is 2. The lowest BCUT2D eigenvalue weighted by Gasteiger charge is -2.16. The molecular formula is C60H62N2O4S5. The lowest BCUT2D eigenvalue weighted by molar-refractivity contribution is 0.242. The fourth-order valence-electron chi connectivity index (χ4n) is 9.12. The average molecular weight is 1040 g/mol. The maximum atomic E-state index is 6.41. The summed E-state index contributed by atoms with van der Waals surface area (Å²) in [7, 11) is 12.0. The van der Waals surface area contributed by atoms with Crippen molar-refractivity contribution in [1.29, 1.82) is 0 Å². The van der Waals surface area contributed by atoms with E-state index in [4.69, 9.17) is 18.9 Å². The summed E-state index contributed by atoms with van der Waals surface area (Å²) < 4.78 is 24.8. The Hall–Kier alpha value is -5.82. The highest BCUT2D eigenvalue weighted by Gasteiger charge is 2.31. The van der Waals surface area contributed by atoms with Gasteiger partial charge in [-0.3, -0.25) is 0 Å². The molecule has 9 aromatic rings. The number of methoxy groups -OCH3 is 2. The van der Waals surface area contributed by atoms with Gasteiger partial charge in [-0.1, -0.05) is 72.8 Å². The van der Waals surface area contributed by atoms with E-state index in [0.717, 1.165) is 43.9 Å². The summed E-state index contributed by atoms with van der Waals surface area (Å²) in [5.41, 5.74) is 14.4. The van der Waals surface area contributed by atoms with E-state index in [1.54, 1.807) is 14.2 Å². The number of benzene rings is 4. The first-order chi connectivity index (χ1) is 34.1. The normalized spacial score (nSPS) is 11.5. The Bertz CT molecular complexity index is 3130. The molecule has 0 atom stereocenters. The molecule has 0 N–H and O–H groups in total. The summed E-state index contributed by atoms with van der Waals surface area (Å²) >= 11 is 9.38. The van der Waals surface area contributed by atoms with Gasteiger partial charge in [0.2, 0.25) is 0 Å². The van der Waals surface area contributed by atoms with Crippen molar-refractivity contribution in [2.24, 2.45) is 0 Å². The lowest BCUT2D eigenvalue weighted by atomic mass is 9.93. The van der Waals surface area contributed by atoms with Gasteiger partial charge in [-0.15, -0.1) is 56.7 Å². The summed E-state index contributed by atoms with van der Waals surface area (Å²) in [5, 5.41) is 0. The van der Waals surface area contributed by atoms with Crippen LogP contribution in [0.15, 0.2) is 109 Å². The largest absolute Gasteiger partial charge is 0.496 e. The minimum atomic E-state index is 0.0175. The zero-order valence-electron chi connectivity index (χ0n) is 43.1. The molecule has 0 aliphatic rings. The zero-order valence-corrected chi connectivity index (χ0v) is 47.2. The van der Waals surface area contributed by atoms with Crippen LogP contribution in [0.2, 0.25) is 0 Å². The monoisotopic (exact) mass is 1030 g/mol. The van der Waals surface area contributed by atoms with Crippen LogP contribution < -0.4 is 28.7 Å². The van der Waals surface area contributed by atoms with Crippen molar-refractivity contribution >= 4 is 68.1 Å². The van der Waals surface area contributed by atoms with Gasteiger partial charge in [0, 0.05) is 58.8 Å². The molecule has 0 aliphatic carbocycles. The van der Waals surface area contributed by atoms with Crippen LogP contribution in [0.5, 0.6) is 23.0 Å². The summed E-state index contributed by atoms with van der Waals surface area (Å²) in [4.78, 5) is 16.9. The van der Waals surface area contributed by atoms with Gasteiger partial charge in [-0.25, -0.2) is 0 Å². The van der Waals surface area contributed by atoms with Crippen LogP contribution in [0, 0.1) is 27.7 Å². The highest BCUT2D eigenvalue weighted by atomic mass is 32.1. The van der Waals surface area contributed by atoms with Gasteiger partial charge < -0.3 is 28.7 Å². The molecule has 0 bridgehead atoms. The van der Waals surface area contributed by atoms with Gasteiger partial charge in [0.1, 0.15) is 23.0 Å². The second kappa shape index (κ2) is 20.7. The van der Waals surface area contributed by atoms with Crippen LogP contribution >= 0.6 is 56.7 Å². The third-order valence-corrected chi connectivity index (χ3v) is 19.7. The molecule has 0 saturated heterocycles. The highest BCUT2D eigenvalue weighted by molar-refractivity contribution is 7.31. The van der Waals surface area contributed by atoms with Crippen LogP contribution in [-0.4, -0.2) is 54.6 Å². The molecule has 4 aromatic carbocycles. The quantitative estimate of drug-likeness (QED) is 0.0961. The Labute approximate surface area is 440 Å². The number of rotatable bonds is 16. The SMILES string of the molecule is COc1cccc(OC(C)C)c1-c1cc(N(C)C)c(-c2sc(-c3sc(-c4sc(-c5sc(-c6c(OC)cccc6OC(C)C)cc5N(C)C)c(C)c4C)c(-c4ccccc4)c3-c3ccccc3)c(C)c2C)s1. The van der Waals surface area contributed by atoms with Crippen molar-refractivity contribution in [3.8, 4) is 105 Å². The van der Waals surface area contributed by atoms with Crippen molar-refractivity contribution in [2.75, 3.05) is 52.2 Å². The highest BCUT2D eigenvalue weighted by Crippen LogP contribution is 2.60. The Morgan fingerprint density at radius 3 is 1.01 bits per heavy atom.